The van der Waals surface area contributed by atoms with E-state index in [0.717, 1.165) is 12.8 Å². The first-order chi connectivity index (χ1) is 9.88. The molecule has 4 nitrogen and oxygen atoms in total. The van der Waals surface area contributed by atoms with Crippen molar-refractivity contribution in [2.45, 2.75) is 64.5 Å². The van der Waals surface area contributed by atoms with Gasteiger partial charge in [-0.1, -0.05) is 19.3 Å². The van der Waals surface area contributed by atoms with E-state index >= 15 is 0 Å². The highest BCUT2D eigenvalue weighted by atomic mass is 16.6. The fourth-order valence-corrected chi connectivity index (χ4v) is 3.00. The summed E-state index contributed by atoms with van der Waals surface area (Å²) in [6.45, 7) is 6.18. The lowest BCUT2D eigenvalue weighted by atomic mass is 9.91. The number of ether oxygens (including phenoxy) is 1. The normalized spacial score (nSPS) is 16.5. The van der Waals surface area contributed by atoms with Crippen molar-refractivity contribution < 1.29 is 9.53 Å². The van der Waals surface area contributed by atoms with Crippen LogP contribution in [-0.2, 0) is 0 Å². The Balaban J connectivity index is 2.12. The molecule has 0 unspecified atom stereocenters. The molecule has 0 atom stereocenters. The Morgan fingerprint density at radius 2 is 1.71 bits per heavy atom. The number of rotatable bonds is 2. The first-order valence-corrected chi connectivity index (χ1v) is 7.74. The largest absolute Gasteiger partial charge is 0.415 e. The van der Waals surface area contributed by atoms with Crippen molar-refractivity contribution in [3.05, 3.63) is 24.3 Å². The van der Waals surface area contributed by atoms with Gasteiger partial charge in [0.1, 0.15) is 5.75 Å². The van der Waals surface area contributed by atoms with Crippen LogP contribution in [0.1, 0.15) is 52.9 Å². The van der Waals surface area contributed by atoms with Crippen LogP contribution in [0.25, 0.3) is 0 Å². The molecule has 0 aliphatic heterocycles. The molecule has 1 aliphatic carbocycles. The van der Waals surface area contributed by atoms with E-state index < -0.39 is 0 Å². The predicted octanol–water partition coefficient (Wildman–Crippen LogP) is 4.20. The van der Waals surface area contributed by atoms with Crippen molar-refractivity contribution in [1.29, 1.82) is 0 Å². The molecule has 1 saturated carbocycles. The van der Waals surface area contributed by atoms with E-state index in [1.165, 1.54) is 19.3 Å². The van der Waals surface area contributed by atoms with Crippen molar-refractivity contribution in [2.24, 2.45) is 0 Å². The lowest BCUT2D eigenvalue weighted by Crippen LogP contribution is -2.53. The van der Waals surface area contributed by atoms with E-state index in [-0.39, 0.29) is 17.7 Å². The maximum absolute atomic E-state index is 12.6. The molecule has 1 aromatic rings. The summed E-state index contributed by atoms with van der Waals surface area (Å²) < 4.78 is 5.54. The molecule has 1 aliphatic rings. The molecular weight excluding hydrogens is 264 g/mol. The molecular formula is C17H26N2O2. The number of nitrogens with zero attached hydrogens (tertiary/aromatic N) is 1. The van der Waals surface area contributed by atoms with Gasteiger partial charge in [0.25, 0.3) is 0 Å². The van der Waals surface area contributed by atoms with Gasteiger partial charge in [-0.25, -0.2) is 4.79 Å². The minimum absolute atomic E-state index is 0.243. The minimum Gasteiger partial charge on any atom is -0.410 e. The van der Waals surface area contributed by atoms with E-state index in [1.54, 1.807) is 24.3 Å². The summed E-state index contributed by atoms with van der Waals surface area (Å²) in [5.74, 6) is 0.541. The van der Waals surface area contributed by atoms with Crippen LogP contribution in [0.15, 0.2) is 24.3 Å². The standard InChI is InChI=1S/C17H26N2O2/c1-17(2,3)19(14-7-5-4-6-8-14)16(20)21-15-11-9-13(18)10-12-15/h9-12,14H,4-8,18H2,1-3H3. The quantitative estimate of drug-likeness (QED) is 0.830. The minimum atomic E-state index is -0.265. The second-order valence-corrected chi connectivity index (χ2v) is 6.77. The first kappa shape index (κ1) is 15.7. The van der Waals surface area contributed by atoms with E-state index in [1.807, 2.05) is 4.90 Å². The molecule has 116 valence electrons. The third kappa shape index (κ3) is 4.13. The highest BCUT2D eigenvalue weighted by molar-refractivity contribution is 5.72. The number of nitrogen functional groups attached to an aromatic ring is 1. The monoisotopic (exact) mass is 290 g/mol. The zero-order valence-electron chi connectivity index (χ0n) is 13.3. The lowest BCUT2D eigenvalue weighted by Gasteiger charge is -2.42. The van der Waals surface area contributed by atoms with E-state index in [0.29, 0.717) is 11.4 Å². The Morgan fingerprint density at radius 3 is 2.24 bits per heavy atom. The van der Waals surface area contributed by atoms with E-state index in [4.69, 9.17) is 10.5 Å². The van der Waals surface area contributed by atoms with Crippen LogP contribution in [0, 0.1) is 0 Å². The molecule has 0 bridgehead atoms. The first-order valence-electron chi connectivity index (χ1n) is 7.74. The second kappa shape index (κ2) is 6.37. The van der Waals surface area contributed by atoms with Gasteiger partial charge in [0.15, 0.2) is 0 Å². The van der Waals surface area contributed by atoms with Gasteiger partial charge in [0, 0.05) is 17.3 Å². The zero-order valence-corrected chi connectivity index (χ0v) is 13.3. The van der Waals surface area contributed by atoms with Gasteiger partial charge in [-0.2, -0.15) is 0 Å². The van der Waals surface area contributed by atoms with Gasteiger partial charge < -0.3 is 15.4 Å². The Labute approximate surface area is 127 Å². The van der Waals surface area contributed by atoms with Crippen LogP contribution in [-0.4, -0.2) is 22.6 Å². The molecule has 1 fully saturated rings. The highest BCUT2D eigenvalue weighted by Crippen LogP contribution is 2.29. The number of nitrogens with two attached hydrogens (primary N) is 1. The summed E-state index contributed by atoms with van der Waals surface area (Å²) >= 11 is 0. The fraction of sp³-hybridized carbons (Fsp3) is 0.588. The van der Waals surface area contributed by atoms with Crippen LogP contribution in [0.4, 0.5) is 10.5 Å². The average molecular weight is 290 g/mol. The number of anilines is 1. The van der Waals surface area contributed by atoms with Crippen molar-refractivity contribution in [2.75, 3.05) is 5.73 Å². The van der Waals surface area contributed by atoms with Gasteiger partial charge in [0.05, 0.1) is 0 Å². The Kier molecular flexibility index (Phi) is 4.76. The number of benzene rings is 1. The fourth-order valence-electron chi connectivity index (χ4n) is 3.00. The van der Waals surface area contributed by atoms with Crippen LogP contribution in [0.3, 0.4) is 0 Å². The number of carbonyl (C=O) groups is 1. The molecule has 0 saturated heterocycles. The van der Waals surface area contributed by atoms with Crippen LogP contribution in [0.5, 0.6) is 5.75 Å². The predicted molar refractivity (Wildman–Crippen MR) is 85.3 cm³/mol. The van der Waals surface area contributed by atoms with Gasteiger partial charge >= 0.3 is 6.09 Å². The number of carbonyl (C=O) groups excluding carboxylic acids is 1. The van der Waals surface area contributed by atoms with Crippen molar-refractivity contribution in [1.82, 2.24) is 4.90 Å². The lowest BCUT2D eigenvalue weighted by molar-refractivity contribution is 0.0619. The maximum atomic E-state index is 12.6. The molecule has 1 amide bonds. The van der Waals surface area contributed by atoms with Gasteiger partial charge in [0.2, 0.25) is 0 Å². The third-order valence-corrected chi connectivity index (χ3v) is 3.94. The highest BCUT2D eigenvalue weighted by Gasteiger charge is 2.35. The summed E-state index contributed by atoms with van der Waals surface area (Å²) in [5, 5.41) is 0. The zero-order chi connectivity index (χ0) is 15.5. The smallest absolute Gasteiger partial charge is 0.410 e. The molecule has 1 aromatic carbocycles. The third-order valence-electron chi connectivity index (χ3n) is 3.94. The summed E-state index contributed by atoms with van der Waals surface area (Å²) in [5.41, 5.74) is 6.07. The summed E-state index contributed by atoms with van der Waals surface area (Å²) in [6, 6.07) is 7.22. The molecule has 0 radical (unpaired) electrons. The molecule has 2 N–H and O–H groups in total. The summed E-state index contributed by atoms with van der Waals surface area (Å²) in [7, 11) is 0. The second-order valence-electron chi connectivity index (χ2n) is 6.77. The summed E-state index contributed by atoms with van der Waals surface area (Å²) in [6.07, 6.45) is 5.50. The molecule has 21 heavy (non-hydrogen) atoms. The van der Waals surface area contributed by atoms with Gasteiger partial charge in [-0.05, 0) is 57.9 Å². The van der Waals surface area contributed by atoms with Crippen molar-refractivity contribution in [3.8, 4) is 5.75 Å². The van der Waals surface area contributed by atoms with Gasteiger partial charge in [-0.3, -0.25) is 0 Å². The number of amides is 1. The molecule has 0 aromatic heterocycles. The Hall–Kier alpha value is -1.71. The van der Waals surface area contributed by atoms with Crippen LogP contribution >= 0.6 is 0 Å². The van der Waals surface area contributed by atoms with E-state index in [2.05, 4.69) is 20.8 Å². The van der Waals surface area contributed by atoms with E-state index in [9.17, 15) is 4.79 Å². The van der Waals surface area contributed by atoms with Crippen molar-refractivity contribution in [3.63, 3.8) is 0 Å². The molecule has 4 heteroatoms. The average Bonchev–Trinajstić information content (AvgIpc) is 2.41. The van der Waals surface area contributed by atoms with Crippen LogP contribution in [0.2, 0.25) is 0 Å². The van der Waals surface area contributed by atoms with Crippen LogP contribution < -0.4 is 10.5 Å². The number of hydrogen-bond acceptors (Lipinski definition) is 3. The number of hydrogen-bond donors (Lipinski definition) is 1. The SMILES string of the molecule is CC(C)(C)N(C(=O)Oc1ccc(N)cc1)C1CCCCC1. The molecule has 2 rings (SSSR count). The molecule has 0 heterocycles. The maximum Gasteiger partial charge on any atom is 0.415 e. The van der Waals surface area contributed by atoms with Crippen molar-refractivity contribution >= 4 is 11.8 Å². The van der Waals surface area contributed by atoms with Gasteiger partial charge in [-0.15, -0.1) is 0 Å². The Bertz CT molecular complexity index is 471. The topological polar surface area (TPSA) is 55.6 Å². The Morgan fingerprint density at radius 1 is 1.14 bits per heavy atom. The molecule has 0 spiro atoms. The summed E-state index contributed by atoms with van der Waals surface area (Å²) in [4.78, 5) is 14.5.